The van der Waals surface area contributed by atoms with Gasteiger partial charge in [0, 0.05) is 19.0 Å². The third-order valence-corrected chi connectivity index (χ3v) is 4.22. The number of benzene rings is 1. The van der Waals surface area contributed by atoms with E-state index in [2.05, 4.69) is 10.1 Å². The normalized spacial score (nSPS) is 20.5. The van der Waals surface area contributed by atoms with Crippen molar-refractivity contribution in [2.24, 2.45) is 5.92 Å². The van der Waals surface area contributed by atoms with E-state index in [0.29, 0.717) is 6.54 Å². The highest BCUT2D eigenvalue weighted by Crippen LogP contribution is 2.34. The van der Waals surface area contributed by atoms with Crippen LogP contribution in [-0.2, 0) is 14.3 Å². The molecular formula is C16H18N2O5. The van der Waals surface area contributed by atoms with Crippen molar-refractivity contribution < 1.29 is 24.2 Å². The van der Waals surface area contributed by atoms with Crippen molar-refractivity contribution in [1.29, 1.82) is 0 Å². The lowest BCUT2D eigenvalue weighted by molar-refractivity contribution is -0.128. The largest absolute Gasteiger partial charge is 0.505 e. The third kappa shape index (κ3) is 2.99. The molecule has 2 N–H and O–H groups in total. The van der Waals surface area contributed by atoms with E-state index in [0.717, 1.165) is 12.8 Å². The Morgan fingerprint density at radius 2 is 2.09 bits per heavy atom. The SMILES string of the molecule is COC(=O)c1cccc(NC(=O)[C@@H]2CC(=O)N(C3CC3)C2)c1O. The monoisotopic (exact) mass is 318 g/mol. The number of hydrogen-bond donors (Lipinski definition) is 2. The number of esters is 1. The molecular weight excluding hydrogens is 300 g/mol. The molecule has 23 heavy (non-hydrogen) atoms. The number of nitrogens with one attached hydrogen (secondary N) is 1. The summed E-state index contributed by atoms with van der Waals surface area (Å²) >= 11 is 0. The van der Waals surface area contributed by atoms with E-state index in [4.69, 9.17) is 0 Å². The number of likely N-dealkylation sites (tertiary alicyclic amines) is 1. The number of phenolic OH excluding ortho intramolecular Hbond substituents is 1. The molecule has 1 aliphatic heterocycles. The number of rotatable bonds is 4. The number of nitrogens with zero attached hydrogens (tertiary/aromatic N) is 1. The van der Waals surface area contributed by atoms with Gasteiger partial charge in [0.05, 0.1) is 18.7 Å². The minimum atomic E-state index is -0.686. The maximum Gasteiger partial charge on any atom is 0.341 e. The van der Waals surface area contributed by atoms with Gasteiger partial charge >= 0.3 is 5.97 Å². The smallest absolute Gasteiger partial charge is 0.341 e. The Morgan fingerprint density at radius 3 is 2.74 bits per heavy atom. The molecule has 1 saturated heterocycles. The lowest BCUT2D eigenvalue weighted by Crippen LogP contribution is -2.29. The Kier molecular flexibility index (Phi) is 3.94. The molecule has 1 saturated carbocycles. The van der Waals surface area contributed by atoms with Crippen LogP contribution in [0.4, 0.5) is 5.69 Å². The zero-order valence-electron chi connectivity index (χ0n) is 12.7. The lowest BCUT2D eigenvalue weighted by atomic mass is 10.1. The minimum absolute atomic E-state index is 0.000170. The third-order valence-electron chi connectivity index (χ3n) is 4.22. The van der Waals surface area contributed by atoms with E-state index in [1.807, 2.05) is 0 Å². The van der Waals surface area contributed by atoms with Gasteiger partial charge in [-0.05, 0) is 25.0 Å². The van der Waals surface area contributed by atoms with Gasteiger partial charge in [-0.2, -0.15) is 0 Å². The molecule has 1 aliphatic carbocycles. The topological polar surface area (TPSA) is 95.9 Å². The van der Waals surface area contributed by atoms with Gasteiger partial charge in [-0.25, -0.2) is 4.79 Å². The zero-order valence-corrected chi connectivity index (χ0v) is 12.7. The summed E-state index contributed by atoms with van der Waals surface area (Å²) < 4.78 is 4.58. The lowest BCUT2D eigenvalue weighted by Gasteiger charge is -2.16. The van der Waals surface area contributed by atoms with Crippen LogP contribution in [-0.4, -0.2) is 47.5 Å². The van der Waals surface area contributed by atoms with E-state index >= 15 is 0 Å². The number of ether oxygens (including phenoxy) is 1. The van der Waals surface area contributed by atoms with Crippen LogP contribution in [0.3, 0.4) is 0 Å². The second kappa shape index (κ2) is 5.91. The molecule has 3 rings (SSSR count). The summed E-state index contributed by atoms with van der Waals surface area (Å²) in [6.07, 6.45) is 2.18. The molecule has 122 valence electrons. The van der Waals surface area contributed by atoms with Gasteiger partial charge in [-0.15, -0.1) is 0 Å². The van der Waals surface area contributed by atoms with Gasteiger partial charge in [0.15, 0.2) is 5.75 Å². The average Bonchev–Trinajstić information content (AvgIpc) is 3.30. The number of anilines is 1. The van der Waals surface area contributed by atoms with Gasteiger partial charge in [0.1, 0.15) is 5.56 Å². The van der Waals surface area contributed by atoms with E-state index in [9.17, 15) is 19.5 Å². The highest BCUT2D eigenvalue weighted by Gasteiger charge is 2.41. The fraction of sp³-hybridized carbons (Fsp3) is 0.438. The number of amides is 2. The van der Waals surface area contributed by atoms with Crippen LogP contribution in [0.1, 0.15) is 29.6 Å². The predicted molar refractivity (Wildman–Crippen MR) is 80.9 cm³/mol. The van der Waals surface area contributed by atoms with E-state index in [1.54, 1.807) is 4.90 Å². The molecule has 1 atom stereocenters. The summed E-state index contributed by atoms with van der Waals surface area (Å²) in [6.45, 7) is 0.410. The number of carbonyl (C=O) groups is 3. The number of carbonyl (C=O) groups excluding carboxylic acids is 3. The number of aromatic hydroxyl groups is 1. The van der Waals surface area contributed by atoms with Crippen LogP contribution in [0.25, 0.3) is 0 Å². The number of phenols is 1. The first kappa shape index (κ1) is 15.3. The van der Waals surface area contributed by atoms with Gasteiger partial charge in [-0.1, -0.05) is 6.07 Å². The van der Waals surface area contributed by atoms with Crippen LogP contribution in [0, 0.1) is 5.92 Å². The molecule has 0 spiro atoms. The molecule has 0 aromatic heterocycles. The van der Waals surface area contributed by atoms with E-state index < -0.39 is 11.9 Å². The van der Waals surface area contributed by atoms with Crippen molar-refractivity contribution in [2.45, 2.75) is 25.3 Å². The Labute approximate surface area is 133 Å². The first-order valence-electron chi connectivity index (χ1n) is 7.52. The summed E-state index contributed by atoms with van der Waals surface area (Å²) in [7, 11) is 1.21. The zero-order chi connectivity index (χ0) is 16.6. The van der Waals surface area contributed by atoms with Gasteiger partial charge in [0.2, 0.25) is 11.8 Å². The van der Waals surface area contributed by atoms with Crippen LogP contribution in [0.2, 0.25) is 0 Å². The van der Waals surface area contributed by atoms with Crippen molar-refractivity contribution in [2.75, 3.05) is 19.0 Å². The highest BCUT2D eigenvalue weighted by molar-refractivity contribution is 6.01. The van der Waals surface area contributed by atoms with Crippen molar-refractivity contribution in [3.05, 3.63) is 23.8 Å². The fourth-order valence-corrected chi connectivity index (χ4v) is 2.80. The Hall–Kier alpha value is -2.57. The highest BCUT2D eigenvalue weighted by atomic mass is 16.5. The number of hydrogen-bond acceptors (Lipinski definition) is 5. The Balaban J connectivity index is 1.71. The molecule has 0 radical (unpaired) electrons. The van der Waals surface area contributed by atoms with Crippen molar-refractivity contribution >= 4 is 23.5 Å². The summed E-state index contributed by atoms with van der Waals surface area (Å²) in [5.41, 5.74) is 0.114. The van der Waals surface area contributed by atoms with Crippen LogP contribution in [0.5, 0.6) is 5.75 Å². The summed E-state index contributed by atoms with van der Waals surface area (Å²) in [5, 5.41) is 12.7. The molecule has 0 bridgehead atoms. The quantitative estimate of drug-likeness (QED) is 0.641. The van der Waals surface area contributed by atoms with Gasteiger partial charge < -0.3 is 20.1 Å². The Bertz CT molecular complexity index is 668. The number of para-hydroxylation sites is 1. The molecule has 2 aliphatic rings. The predicted octanol–water partition coefficient (Wildman–Crippen LogP) is 1.13. The summed E-state index contributed by atoms with van der Waals surface area (Å²) in [5.74, 6) is -1.80. The van der Waals surface area contributed by atoms with Crippen LogP contribution in [0.15, 0.2) is 18.2 Å². The van der Waals surface area contributed by atoms with Crippen LogP contribution < -0.4 is 5.32 Å². The van der Waals surface area contributed by atoms with Gasteiger partial charge in [0.25, 0.3) is 0 Å². The second-order valence-corrected chi connectivity index (χ2v) is 5.86. The van der Waals surface area contributed by atoms with Crippen molar-refractivity contribution in [1.82, 2.24) is 4.90 Å². The average molecular weight is 318 g/mol. The van der Waals surface area contributed by atoms with E-state index in [1.165, 1.54) is 25.3 Å². The summed E-state index contributed by atoms with van der Waals surface area (Å²) in [4.78, 5) is 37.6. The molecule has 1 heterocycles. The Morgan fingerprint density at radius 1 is 1.35 bits per heavy atom. The molecule has 7 heteroatoms. The molecule has 1 aromatic rings. The maximum atomic E-state index is 12.3. The van der Waals surface area contributed by atoms with Gasteiger partial charge in [-0.3, -0.25) is 9.59 Å². The first-order chi connectivity index (χ1) is 11.0. The van der Waals surface area contributed by atoms with Crippen molar-refractivity contribution in [3.63, 3.8) is 0 Å². The van der Waals surface area contributed by atoms with Crippen molar-refractivity contribution in [3.8, 4) is 5.75 Å². The maximum absolute atomic E-state index is 12.3. The first-order valence-corrected chi connectivity index (χ1v) is 7.52. The molecule has 7 nitrogen and oxygen atoms in total. The van der Waals surface area contributed by atoms with E-state index in [-0.39, 0.29) is 41.3 Å². The van der Waals surface area contributed by atoms with Crippen LogP contribution >= 0.6 is 0 Å². The molecule has 2 fully saturated rings. The standard InChI is InChI=1S/C16H18N2O5/c1-23-16(22)11-3-2-4-12(14(11)20)17-15(21)9-7-13(19)18(8-9)10-5-6-10/h2-4,9-10,20H,5-8H2,1H3,(H,17,21)/t9-/m1/s1. The molecule has 0 unspecified atom stereocenters. The molecule has 1 aromatic carbocycles. The summed E-state index contributed by atoms with van der Waals surface area (Å²) in [6, 6.07) is 4.73. The fourth-order valence-electron chi connectivity index (χ4n) is 2.80. The number of methoxy groups -OCH3 is 1. The molecule has 2 amide bonds. The second-order valence-electron chi connectivity index (χ2n) is 5.86. The minimum Gasteiger partial charge on any atom is -0.505 e.